The Hall–Kier alpha value is -0.223. The number of nitrogens with zero attached hydrogens (tertiary/aromatic N) is 1. The Morgan fingerprint density at radius 2 is 1.94 bits per heavy atom. The number of benzene rings is 1. The Morgan fingerprint density at radius 1 is 1.06 bits per heavy atom. The van der Waals surface area contributed by atoms with E-state index in [1.165, 1.54) is 42.9 Å². The summed E-state index contributed by atoms with van der Waals surface area (Å²) in [6, 6.07) is 10.5. The van der Waals surface area contributed by atoms with E-state index in [0.717, 1.165) is 6.04 Å². The average molecular weight is 207 g/mol. The van der Waals surface area contributed by atoms with Gasteiger partial charge in [0, 0.05) is 0 Å². The molecule has 0 N–H and O–H groups in total. The third-order valence-corrected chi connectivity index (χ3v) is 4.39. The van der Waals surface area contributed by atoms with Crippen molar-refractivity contribution in [2.45, 2.75) is 44.2 Å². The molecule has 2 heterocycles. The van der Waals surface area contributed by atoms with Gasteiger partial charge in [-0.1, -0.05) is 0 Å². The fourth-order valence-electron chi connectivity index (χ4n) is 3.55. The van der Waals surface area contributed by atoms with Crippen molar-refractivity contribution in [2.24, 2.45) is 0 Å². The number of hydrogen-bond donors (Lipinski definition) is 0. The van der Waals surface area contributed by atoms with Gasteiger partial charge in [-0.25, -0.2) is 0 Å². The Bertz CT molecular complexity index is 377. The summed E-state index contributed by atoms with van der Waals surface area (Å²) in [4.78, 5) is 2.77. The van der Waals surface area contributed by atoms with Crippen molar-refractivity contribution in [2.75, 3.05) is 6.54 Å². The van der Waals surface area contributed by atoms with E-state index in [0.29, 0.717) is 6.04 Å². The van der Waals surface area contributed by atoms with Gasteiger partial charge >= 0.3 is 107 Å². The molecule has 2 unspecified atom stereocenters. The van der Waals surface area contributed by atoms with Crippen LogP contribution in [0.15, 0.2) is 24.3 Å². The quantitative estimate of drug-likeness (QED) is 0.638. The number of piperidine rings is 1. The van der Waals surface area contributed by atoms with E-state index in [1.54, 1.807) is 5.56 Å². The molecule has 0 aromatic heterocycles. The number of fused-ring (bicyclic) bond motifs is 1. The van der Waals surface area contributed by atoms with Crippen LogP contribution in [0.25, 0.3) is 0 Å². The summed E-state index contributed by atoms with van der Waals surface area (Å²) in [6.07, 6.45) is 7.07. The van der Waals surface area contributed by atoms with Crippen LogP contribution < -0.4 is 4.24 Å². The van der Waals surface area contributed by atoms with Gasteiger partial charge in [-0.2, -0.15) is 0 Å². The van der Waals surface area contributed by atoms with Crippen LogP contribution in [-0.4, -0.2) is 35.2 Å². The van der Waals surface area contributed by atoms with Crippen LogP contribution in [-0.2, 0) is 0 Å². The summed E-state index contributed by atoms with van der Waals surface area (Å²) in [6.45, 7) is 1.32. The normalized spacial score (nSPS) is 30.4. The molecule has 2 heteroatoms. The van der Waals surface area contributed by atoms with Gasteiger partial charge in [0.2, 0.25) is 0 Å². The number of hydrogen-bond acceptors (Lipinski definition) is 1. The van der Waals surface area contributed by atoms with E-state index in [9.17, 15) is 0 Å². The fourth-order valence-corrected chi connectivity index (χ4v) is 3.55. The summed E-state index contributed by atoms with van der Waals surface area (Å²) in [5.74, 6) is 0. The predicted octanol–water partition coefficient (Wildman–Crippen LogP) is 2.17. The first kappa shape index (κ1) is 10.9. The third-order valence-electron chi connectivity index (χ3n) is 4.39. The first-order chi connectivity index (χ1) is 7.86. The molecule has 2 atom stereocenters. The molecule has 0 saturated carbocycles. The van der Waals surface area contributed by atoms with Crippen molar-refractivity contribution in [1.82, 2.24) is 4.90 Å². The maximum atomic E-state index is 2.77. The van der Waals surface area contributed by atoms with Gasteiger partial charge in [0.1, 0.15) is 0 Å². The van der Waals surface area contributed by atoms with Gasteiger partial charge in [-0.05, 0) is 0 Å². The predicted molar refractivity (Wildman–Crippen MR) is 68.2 cm³/mol. The van der Waals surface area contributed by atoms with E-state index in [1.807, 2.05) is 0 Å². The molecule has 2 aliphatic rings. The second-order valence-corrected chi connectivity index (χ2v) is 5.34. The maximum absolute atomic E-state index is 2.77. The zero-order valence-electron chi connectivity index (χ0n) is 10.2. The SMILES string of the molecule is [Li][c]1ccccc1C1CCC2CCCCN21. The summed E-state index contributed by atoms with van der Waals surface area (Å²) in [5.41, 5.74) is 1.58. The molecule has 0 bridgehead atoms. The van der Waals surface area contributed by atoms with E-state index in [2.05, 4.69) is 46.9 Å². The molecule has 1 aromatic rings. The van der Waals surface area contributed by atoms with Crippen molar-refractivity contribution >= 4 is 22.0 Å². The average Bonchev–Trinajstić information content (AvgIpc) is 2.74. The Balaban J connectivity index is 1.88. The van der Waals surface area contributed by atoms with Crippen molar-refractivity contribution in [1.29, 1.82) is 0 Å². The first-order valence-electron chi connectivity index (χ1n) is 6.67. The second-order valence-electron chi connectivity index (χ2n) is 5.34. The molecule has 16 heavy (non-hydrogen) atoms. The standard InChI is InChI=1S/C14H18N.Li/c1-2-6-12(7-3-1)14-10-9-13-8-4-5-11-15(13)14;/h1-3,6,13-14H,4-5,8-11H2;. The molecular formula is C14H18LiN. The van der Waals surface area contributed by atoms with Gasteiger partial charge < -0.3 is 0 Å². The summed E-state index contributed by atoms with van der Waals surface area (Å²) >= 11 is 2.26. The molecule has 2 fully saturated rings. The van der Waals surface area contributed by atoms with Gasteiger partial charge in [0.15, 0.2) is 0 Å². The van der Waals surface area contributed by atoms with E-state index < -0.39 is 0 Å². The fraction of sp³-hybridized carbons (Fsp3) is 0.571. The number of rotatable bonds is 1. The molecule has 0 aliphatic carbocycles. The van der Waals surface area contributed by atoms with Crippen LogP contribution in [0.5, 0.6) is 0 Å². The van der Waals surface area contributed by atoms with E-state index in [4.69, 9.17) is 0 Å². The van der Waals surface area contributed by atoms with Gasteiger partial charge in [-0.15, -0.1) is 0 Å². The second kappa shape index (κ2) is 4.57. The monoisotopic (exact) mass is 207 g/mol. The molecule has 0 amide bonds. The van der Waals surface area contributed by atoms with Crippen molar-refractivity contribution in [3.8, 4) is 0 Å². The zero-order valence-corrected chi connectivity index (χ0v) is 10.2. The van der Waals surface area contributed by atoms with Crippen LogP contribution in [0.1, 0.15) is 43.7 Å². The Morgan fingerprint density at radius 3 is 2.81 bits per heavy atom. The molecule has 3 rings (SSSR count). The molecule has 1 aromatic carbocycles. The summed E-state index contributed by atoms with van der Waals surface area (Å²) < 4.78 is 1.47. The molecule has 0 radical (unpaired) electrons. The van der Waals surface area contributed by atoms with E-state index >= 15 is 0 Å². The Labute approximate surface area is 107 Å². The van der Waals surface area contributed by atoms with Crippen molar-refractivity contribution < 1.29 is 0 Å². The molecule has 2 aliphatic heterocycles. The van der Waals surface area contributed by atoms with Gasteiger partial charge in [-0.3, -0.25) is 0 Å². The summed E-state index contributed by atoms with van der Waals surface area (Å²) in [7, 11) is 0. The van der Waals surface area contributed by atoms with Crippen molar-refractivity contribution in [3.05, 3.63) is 29.8 Å². The van der Waals surface area contributed by atoms with Gasteiger partial charge in [0.05, 0.1) is 0 Å². The van der Waals surface area contributed by atoms with Crippen molar-refractivity contribution in [3.63, 3.8) is 0 Å². The van der Waals surface area contributed by atoms with Crippen LogP contribution in [0.3, 0.4) is 0 Å². The summed E-state index contributed by atoms with van der Waals surface area (Å²) in [5, 5.41) is 0. The molecular weight excluding hydrogens is 189 g/mol. The molecule has 1 nitrogen and oxygen atoms in total. The third kappa shape index (κ3) is 1.86. The van der Waals surface area contributed by atoms with Crippen LogP contribution in [0, 0.1) is 0 Å². The van der Waals surface area contributed by atoms with E-state index in [-0.39, 0.29) is 0 Å². The minimum absolute atomic E-state index is 0.714. The van der Waals surface area contributed by atoms with Gasteiger partial charge in [0.25, 0.3) is 0 Å². The Kier molecular flexibility index (Phi) is 3.11. The first-order valence-corrected chi connectivity index (χ1v) is 6.67. The van der Waals surface area contributed by atoms with Crippen LogP contribution in [0.4, 0.5) is 0 Å². The van der Waals surface area contributed by atoms with Crippen LogP contribution in [0.2, 0.25) is 0 Å². The minimum atomic E-state index is 0.714. The van der Waals surface area contributed by atoms with Crippen LogP contribution >= 0.6 is 0 Å². The molecule has 0 spiro atoms. The zero-order chi connectivity index (χ0) is 11.0. The molecule has 2 saturated heterocycles. The topological polar surface area (TPSA) is 3.24 Å². The molecule has 80 valence electrons.